The summed E-state index contributed by atoms with van der Waals surface area (Å²) in [6.07, 6.45) is 3.32. The Kier molecular flexibility index (Phi) is 3.00. The minimum atomic E-state index is 0.151. The monoisotopic (exact) mass is 314 g/mol. The number of halogens is 1. The average Bonchev–Trinajstić information content (AvgIpc) is 2.22. The molecule has 0 aliphatic heterocycles. The molecule has 1 aromatic carbocycles. The van der Waals surface area contributed by atoms with E-state index >= 15 is 0 Å². The summed E-state index contributed by atoms with van der Waals surface area (Å²) in [5.41, 5.74) is 0. The molecular formula is C10H7IN2O2. The van der Waals surface area contributed by atoms with Gasteiger partial charge in [-0.05, 0) is 34.7 Å². The fourth-order valence-corrected chi connectivity index (χ4v) is 1.28. The fourth-order valence-electron chi connectivity index (χ4n) is 1.01. The molecule has 4 nitrogen and oxygen atoms in total. The van der Waals surface area contributed by atoms with Gasteiger partial charge in [-0.15, -0.1) is 0 Å². The number of phenols is 1. The van der Waals surface area contributed by atoms with E-state index in [1.165, 1.54) is 6.07 Å². The summed E-state index contributed by atoms with van der Waals surface area (Å²) in [7, 11) is 0. The molecule has 5 heteroatoms. The maximum absolute atomic E-state index is 9.21. The lowest BCUT2D eigenvalue weighted by atomic mass is 10.3. The van der Waals surface area contributed by atoms with E-state index in [9.17, 15) is 5.11 Å². The molecule has 0 saturated heterocycles. The SMILES string of the molecule is Oc1cccc(Oc2ncc(I)cn2)c1. The van der Waals surface area contributed by atoms with Crippen molar-refractivity contribution in [2.24, 2.45) is 0 Å². The van der Waals surface area contributed by atoms with Gasteiger partial charge in [0, 0.05) is 22.0 Å². The Balaban J connectivity index is 2.18. The minimum Gasteiger partial charge on any atom is -0.508 e. The van der Waals surface area contributed by atoms with Gasteiger partial charge in [-0.2, -0.15) is 0 Å². The second-order valence-electron chi connectivity index (χ2n) is 2.78. The molecule has 0 saturated carbocycles. The molecule has 1 aromatic heterocycles. The predicted octanol–water partition coefficient (Wildman–Crippen LogP) is 2.58. The van der Waals surface area contributed by atoms with Crippen LogP contribution in [0.3, 0.4) is 0 Å². The molecule has 0 aliphatic carbocycles. The molecule has 0 amide bonds. The number of ether oxygens (including phenoxy) is 1. The Morgan fingerprint density at radius 3 is 2.60 bits per heavy atom. The van der Waals surface area contributed by atoms with E-state index in [2.05, 4.69) is 32.6 Å². The van der Waals surface area contributed by atoms with Crippen molar-refractivity contribution < 1.29 is 9.84 Å². The van der Waals surface area contributed by atoms with Gasteiger partial charge >= 0.3 is 6.01 Å². The van der Waals surface area contributed by atoms with E-state index in [0.29, 0.717) is 5.75 Å². The van der Waals surface area contributed by atoms with E-state index in [1.54, 1.807) is 30.6 Å². The van der Waals surface area contributed by atoms with Crippen LogP contribution in [0.25, 0.3) is 0 Å². The second kappa shape index (κ2) is 4.43. The molecular weight excluding hydrogens is 307 g/mol. The maximum atomic E-state index is 9.21. The number of aromatic hydroxyl groups is 1. The highest BCUT2D eigenvalue weighted by Crippen LogP contribution is 2.21. The van der Waals surface area contributed by atoms with Crippen LogP contribution in [0.2, 0.25) is 0 Å². The molecule has 0 radical (unpaired) electrons. The lowest BCUT2D eigenvalue weighted by Gasteiger charge is -2.03. The summed E-state index contributed by atoms with van der Waals surface area (Å²) in [5.74, 6) is 0.661. The van der Waals surface area contributed by atoms with E-state index in [4.69, 9.17) is 4.74 Å². The van der Waals surface area contributed by atoms with Crippen LogP contribution < -0.4 is 4.74 Å². The van der Waals surface area contributed by atoms with Crippen LogP contribution in [0.15, 0.2) is 36.7 Å². The molecule has 15 heavy (non-hydrogen) atoms. The van der Waals surface area contributed by atoms with Crippen molar-refractivity contribution in [3.63, 3.8) is 0 Å². The third-order valence-electron chi connectivity index (χ3n) is 1.62. The van der Waals surface area contributed by atoms with Crippen molar-refractivity contribution in [2.75, 3.05) is 0 Å². The Bertz CT molecular complexity index is 459. The molecule has 0 unspecified atom stereocenters. The minimum absolute atomic E-state index is 0.151. The van der Waals surface area contributed by atoms with Gasteiger partial charge in [0.05, 0.1) is 0 Å². The van der Waals surface area contributed by atoms with Gasteiger partial charge in [-0.1, -0.05) is 6.07 Å². The van der Waals surface area contributed by atoms with Crippen LogP contribution in [0.1, 0.15) is 0 Å². The maximum Gasteiger partial charge on any atom is 0.321 e. The molecule has 0 bridgehead atoms. The highest BCUT2D eigenvalue weighted by Gasteiger charge is 2.00. The number of benzene rings is 1. The molecule has 0 fully saturated rings. The topological polar surface area (TPSA) is 55.2 Å². The van der Waals surface area contributed by atoms with Gasteiger partial charge in [0.25, 0.3) is 0 Å². The summed E-state index contributed by atoms with van der Waals surface area (Å²) in [5, 5.41) is 9.21. The van der Waals surface area contributed by atoms with Crippen molar-refractivity contribution in [2.45, 2.75) is 0 Å². The van der Waals surface area contributed by atoms with E-state index in [-0.39, 0.29) is 11.8 Å². The number of rotatable bonds is 2. The molecule has 2 rings (SSSR count). The molecule has 0 aliphatic rings. The second-order valence-corrected chi connectivity index (χ2v) is 4.03. The lowest BCUT2D eigenvalue weighted by Crippen LogP contribution is -1.91. The number of hydrogen-bond donors (Lipinski definition) is 1. The quantitative estimate of drug-likeness (QED) is 0.866. The van der Waals surface area contributed by atoms with E-state index in [1.807, 2.05) is 0 Å². The van der Waals surface area contributed by atoms with Crippen LogP contribution in [-0.2, 0) is 0 Å². The van der Waals surface area contributed by atoms with Crippen molar-refractivity contribution in [1.29, 1.82) is 0 Å². The molecule has 1 N–H and O–H groups in total. The fraction of sp³-hybridized carbons (Fsp3) is 0. The van der Waals surface area contributed by atoms with Crippen LogP contribution in [-0.4, -0.2) is 15.1 Å². The van der Waals surface area contributed by atoms with E-state index < -0.39 is 0 Å². The lowest BCUT2D eigenvalue weighted by molar-refractivity contribution is 0.430. The highest BCUT2D eigenvalue weighted by atomic mass is 127. The summed E-state index contributed by atoms with van der Waals surface area (Å²) in [4.78, 5) is 7.96. The first kappa shape index (κ1) is 10.2. The van der Waals surface area contributed by atoms with Crippen molar-refractivity contribution >= 4 is 22.6 Å². The predicted molar refractivity (Wildman–Crippen MR) is 62.9 cm³/mol. The van der Waals surface area contributed by atoms with Crippen LogP contribution >= 0.6 is 22.6 Å². The first-order valence-corrected chi connectivity index (χ1v) is 5.26. The van der Waals surface area contributed by atoms with Gasteiger partial charge in [0.1, 0.15) is 11.5 Å². The average molecular weight is 314 g/mol. The van der Waals surface area contributed by atoms with Gasteiger partial charge in [-0.25, -0.2) is 9.97 Å². The Labute approximate surface area is 100 Å². The van der Waals surface area contributed by atoms with Crippen LogP contribution in [0.5, 0.6) is 17.5 Å². The van der Waals surface area contributed by atoms with Gasteiger partial charge < -0.3 is 9.84 Å². The summed E-state index contributed by atoms with van der Waals surface area (Å²) < 4.78 is 6.27. The molecule has 1 heterocycles. The first-order valence-electron chi connectivity index (χ1n) is 4.18. The molecule has 76 valence electrons. The Morgan fingerprint density at radius 1 is 1.20 bits per heavy atom. The Morgan fingerprint density at radius 2 is 1.93 bits per heavy atom. The first-order chi connectivity index (χ1) is 7.24. The largest absolute Gasteiger partial charge is 0.508 e. The summed E-state index contributed by atoms with van der Waals surface area (Å²) >= 11 is 2.11. The summed E-state index contributed by atoms with van der Waals surface area (Å²) in [6, 6.07) is 6.75. The number of nitrogens with zero attached hydrogens (tertiary/aromatic N) is 2. The van der Waals surface area contributed by atoms with Gasteiger partial charge in [0.15, 0.2) is 0 Å². The van der Waals surface area contributed by atoms with Crippen molar-refractivity contribution in [3.05, 3.63) is 40.2 Å². The summed E-state index contributed by atoms with van der Waals surface area (Å²) in [6.45, 7) is 0. The van der Waals surface area contributed by atoms with E-state index in [0.717, 1.165) is 3.57 Å². The van der Waals surface area contributed by atoms with Crippen LogP contribution in [0, 0.1) is 3.57 Å². The molecule has 2 aromatic rings. The normalized spacial score (nSPS) is 9.93. The Hall–Kier alpha value is -1.37. The smallest absolute Gasteiger partial charge is 0.321 e. The number of hydrogen-bond acceptors (Lipinski definition) is 4. The number of phenolic OH excluding ortho intramolecular Hbond substituents is 1. The molecule has 0 atom stereocenters. The van der Waals surface area contributed by atoms with Crippen LogP contribution in [0.4, 0.5) is 0 Å². The zero-order chi connectivity index (χ0) is 10.7. The third-order valence-corrected chi connectivity index (χ3v) is 2.18. The highest BCUT2D eigenvalue weighted by molar-refractivity contribution is 14.1. The van der Waals surface area contributed by atoms with Gasteiger partial charge in [-0.3, -0.25) is 0 Å². The zero-order valence-electron chi connectivity index (χ0n) is 7.59. The molecule has 0 spiro atoms. The van der Waals surface area contributed by atoms with Crippen molar-refractivity contribution in [1.82, 2.24) is 9.97 Å². The zero-order valence-corrected chi connectivity index (χ0v) is 9.75. The van der Waals surface area contributed by atoms with Crippen molar-refractivity contribution in [3.8, 4) is 17.5 Å². The third kappa shape index (κ3) is 2.79. The standard InChI is InChI=1S/C10H7IN2O2/c11-7-5-12-10(13-6-7)15-9-3-1-2-8(14)4-9/h1-6,14H. The number of aromatic nitrogens is 2. The van der Waals surface area contributed by atoms with Gasteiger partial charge in [0.2, 0.25) is 0 Å².